The van der Waals surface area contributed by atoms with Crippen LogP contribution in [0.2, 0.25) is 0 Å². The number of azo groups is 1. The Morgan fingerprint density at radius 1 is 1.50 bits per heavy atom. The van der Waals surface area contributed by atoms with Crippen LogP contribution in [0.15, 0.2) is 14.2 Å². The summed E-state index contributed by atoms with van der Waals surface area (Å²) in [5, 5.41) is 13.2. The number of halogens is 2. The first-order valence-corrected chi connectivity index (χ1v) is 3.52. The van der Waals surface area contributed by atoms with Crippen LogP contribution in [0.3, 0.4) is 0 Å². The van der Waals surface area contributed by atoms with Gasteiger partial charge in [0.25, 0.3) is 5.96 Å². The van der Waals surface area contributed by atoms with Crippen molar-refractivity contribution in [1.29, 1.82) is 5.41 Å². The highest BCUT2D eigenvalue weighted by atomic mass is 79.9. The zero-order valence-electron chi connectivity index (χ0n) is 4.67. The fraction of sp³-hybridized carbons (Fsp3) is 0. The third-order valence-electron chi connectivity index (χ3n) is 0.417. The summed E-state index contributed by atoms with van der Waals surface area (Å²) in [7, 11) is 0. The largest absolute Gasteiger partial charge is 0.367 e. The van der Waals surface area contributed by atoms with E-state index < -0.39 is 0 Å². The molecule has 0 atom stereocenters. The Bertz CT molecular complexity index is 173. The van der Waals surface area contributed by atoms with Crippen molar-refractivity contribution >= 4 is 44.2 Å². The molecule has 6 nitrogen and oxygen atoms in total. The van der Waals surface area contributed by atoms with E-state index in [0.717, 1.165) is 0 Å². The minimum Gasteiger partial charge on any atom is -0.367 e. The molecule has 10 heavy (non-hydrogen) atoms. The normalized spacial score (nSPS) is 12.0. The van der Waals surface area contributed by atoms with Crippen LogP contribution in [-0.2, 0) is 0 Å². The minimum atomic E-state index is -0.378. The Morgan fingerprint density at radius 3 is 2.40 bits per heavy atom. The third-order valence-corrected chi connectivity index (χ3v) is 1.11. The van der Waals surface area contributed by atoms with Crippen LogP contribution in [0.5, 0.6) is 0 Å². The first kappa shape index (κ1) is 9.50. The van der Waals surface area contributed by atoms with Gasteiger partial charge in [-0.2, -0.15) is 4.02 Å². The number of hydrogen-bond donors (Lipinski definition) is 3. The van der Waals surface area contributed by atoms with Crippen LogP contribution in [0.25, 0.3) is 0 Å². The van der Waals surface area contributed by atoms with Gasteiger partial charge in [-0.1, -0.05) is 0 Å². The lowest BCUT2D eigenvalue weighted by Gasteiger charge is -1.89. The number of rotatable bonds is 0. The van der Waals surface area contributed by atoms with Gasteiger partial charge in [0.05, 0.1) is 16.1 Å². The molecule has 0 amide bonds. The fourth-order valence-electron chi connectivity index (χ4n) is 0.153. The van der Waals surface area contributed by atoms with Crippen molar-refractivity contribution < 1.29 is 0 Å². The van der Waals surface area contributed by atoms with Crippen molar-refractivity contribution in [2.24, 2.45) is 20.0 Å². The summed E-state index contributed by atoms with van der Waals surface area (Å²) in [6.45, 7) is 0. The van der Waals surface area contributed by atoms with Crippen molar-refractivity contribution in [1.82, 2.24) is 4.34 Å². The highest BCUT2D eigenvalue weighted by Gasteiger charge is 1.89. The second kappa shape index (κ2) is 5.30. The summed E-state index contributed by atoms with van der Waals surface area (Å²) in [5.74, 6) is -0.202. The molecule has 0 fully saturated rings. The van der Waals surface area contributed by atoms with E-state index in [1.165, 1.54) is 0 Å². The molecule has 0 aromatic carbocycles. The summed E-state index contributed by atoms with van der Waals surface area (Å²) in [4.78, 5) is 0. The van der Waals surface area contributed by atoms with Crippen molar-refractivity contribution in [3.8, 4) is 0 Å². The van der Waals surface area contributed by atoms with E-state index in [1.807, 2.05) is 0 Å². The molecule has 0 aliphatic heterocycles. The lowest BCUT2D eigenvalue weighted by molar-refractivity contribution is 1.22. The molecule has 0 aliphatic carbocycles. The monoisotopic (exact) mass is 270 g/mol. The number of nitrogens with two attached hydrogens (primary N) is 1. The van der Waals surface area contributed by atoms with Gasteiger partial charge in [0.15, 0.2) is 0 Å². The van der Waals surface area contributed by atoms with Crippen molar-refractivity contribution in [3.05, 3.63) is 0 Å². The topological polar surface area (TPSA) is 99.0 Å². The lowest BCUT2D eigenvalue weighted by Crippen LogP contribution is -2.10. The minimum absolute atomic E-state index is 0.176. The first-order valence-electron chi connectivity index (χ1n) is 2.02. The van der Waals surface area contributed by atoms with Gasteiger partial charge in [-0.15, -0.1) is 10.2 Å². The van der Waals surface area contributed by atoms with E-state index in [4.69, 9.17) is 11.1 Å². The molecule has 0 saturated carbocycles. The molecule has 8 heteroatoms. The van der Waals surface area contributed by atoms with E-state index in [1.54, 1.807) is 0 Å². The number of nitrogens with one attached hydrogen (secondary N) is 2. The maximum absolute atomic E-state index is 6.64. The van der Waals surface area contributed by atoms with Crippen LogP contribution < -0.4 is 10.1 Å². The van der Waals surface area contributed by atoms with Gasteiger partial charge in [-0.05, 0) is 0 Å². The SMILES string of the molecule is N=C(N)N=NC(=NBr)NBr. The van der Waals surface area contributed by atoms with Gasteiger partial charge >= 0.3 is 0 Å². The predicted molar refractivity (Wildman–Crippen MR) is 45.2 cm³/mol. The van der Waals surface area contributed by atoms with Crippen molar-refractivity contribution in [2.45, 2.75) is 0 Å². The molecule has 0 rings (SSSR count). The van der Waals surface area contributed by atoms with Crippen LogP contribution in [0.1, 0.15) is 0 Å². The van der Waals surface area contributed by atoms with Gasteiger partial charge < -0.3 is 5.73 Å². The molecular formula is C2H4Br2N6. The molecule has 4 N–H and O–H groups in total. The quantitative estimate of drug-likeness (QED) is 0.264. The van der Waals surface area contributed by atoms with Crippen molar-refractivity contribution in [2.75, 3.05) is 0 Å². The number of hydrogen-bond acceptors (Lipinski definition) is 2. The average molecular weight is 272 g/mol. The summed E-state index contributed by atoms with van der Waals surface area (Å²) in [5.41, 5.74) is 4.86. The Morgan fingerprint density at radius 2 is 2.10 bits per heavy atom. The zero-order valence-corrected chi connectivity index (χ0v) is 7.85. The Hall–Kier alpha value is -0.500. The van der Waals surface area contributed by atoms with Gasteiger partial charge in [-0.3, -0.25) is 9.75 Å². The van der Waals surface area contributed by atoms with Crippen LogP contribution in [0.4, 0.5) is 0 Å². The van der Waals surface area contributed by atoms with Crippen LogP contribution in [0, 0.1) is 5.41 Å². The number of nitrogens with zero attached hydrogens (tertiary/aromatic N) is 3. The summed E-state index contributed by atoms with van der Waals surface area (Å²) < 4.78 is 5.85. The summed E-state index contributed by atoms with van der Waals surface area (Å²) in [6.07, 6.45) is 0. The zero-order chi connectivity index (χ0) is 7.98. The second-order valence-electron chi connectivity index (χ2n) is 1.09. The summed E-state index contributed by atoms with van der Waals surface area (Å²) >= 11 is 5.61. The Balaban J connectivity index is 3.98. The molecule has 0 aromatic rings. The molecule has 56 valence electrons. The highest BCUT2D eigenvalue weighted by molar-refractivity contribution is 9.08. The smallest absolute Gasteiger partial charge is 0.259 e. The number of guanidine groups is 2. The maximum Gasteiger partial charge on any atom is 0.259 e. The van der Waals surface area contributed by atoms with Crippen LogP contribution >= 0.6 is 32.3 Å². The van der Waals surface area contributed by atoms with Crippen LogP contribution in [-0.4, -0.2) is 11.9 Å². The van der Waals surface area contributed by atoms with E-state index >= 15 is 0 Å². The molecule has 0 aliphatic rings. The Kier molecular flexibility index (Phi) is 5.03. The Labute approximate surface area is 74.2 Å². The standard InChI is InChI=1S/C2H4Br2N6/c3-7-2(8-4)10-9-1(5)6/h(H3,5,6)(H,7,8). The van der Waals surface area contributed by atoms with E-state index in [2.05, 4.69) is 50.9 Å². The van der Waals surface area contributed by atoms with Gasteiger partial charge in [0.1, 0.15) is 0 Å². The van der Waals surface area contributed by atoms with E-state index in [9.17, 15) is 0 Å². The highest BCUT2D eigenvalue weighted by Crippen LogP contribution is 1.88. The molecular weight excluding hydrogens is 268 g/mol. The lowest BCUT2D eigenvalue weighted by atomic mass is 11.1. The van der Waals surface area contributed by atoms with Gasteiger partial charge in [0, 0.05) is 16.1 Å². The molecule has 0 saturated heterocycles. The maximum atomic E-state index is 6.64. The third kappa shape index (κ3) is 4.39. The average Bonchev–Trinajstić information content (AvgIpc) is 1.90. The van der Waals surface area contributed by atoms with E-state index in [-0.39, 0.29) is 11.9 Å². The molecule has 0 heterocycles. The molecule has 0 aromatic heterocycles. The molecule has 0 spiro atoms. The van der Waals surface area contributed by atoms with Gasteiger partial charge in [-0.25, -0.2) is 0 Å². The predicted octanol–water partition coefficient (Wildman–Crippen LogP) is 0.897. The fourth-order valence-corrected chi connectivity index (χ4v) is 0.718. The second-order valence-corrected chi connectivity index (χ2v) is 1.84. The molecule has 0 unspecified atom stereocenters. The molecule has 0 radical (unpaired) electrons. The molecule has 0 bridgehead atoms. The van der Waals surface area contributed by atoms with Gasteiger partial charge in [0.2, 0.25) is 5.96 Å². The first-order chi connectivity index (χ1) is 4.70. The summed E-state index contributed by atoms with van der Waals surface area (Å²) in [6, 6.07) is 0. The van der Waals surface area contributed by atoms with Crippen molar-refractivity contribution in [3.63, 3.8) is 0 Å². The van der Waals surface area contributed by atoms with E-state index in [0.29, 0.717) is 0 Å².